The molecule has 1 N–H and O–H groups in total. The lowest BCUT2D eigenvalue weighted by atomic mass is 9.81. The molecular formula is C15H22N2O3S. The van der Waals surface area contributed by atoms with Gasteiger partial charge < -0.3 is 5.32 Å². The quantitative estimate of drug-likeness (QED) is 0.618. The highest BCUT2D eigenvalue weighted by atomic mass is 32.2. The molecule has 1 aliphatic heterocycles. The van der Waals surface area contributed by atoms with Crippen molar-refractivity contribution in [1.29, 1.82) is 0 Å². The molecule has 0 spiro atoms. The van der Waals surface area contributed by atoms with Gasteiger partial charge in [-0.3, -0.25) is 19.3 Å². The third-order valence-electron chi connectivity index (χ3n) is 4.26. The second-order valence-electron chi connectivity index (χ2n) is 5.72. The zero-order valence-electron chi connectivity index (χ0n) is 12.5. The van der Waals surface area contributed by atoms with Crippen LogP contribution in [0.5, 0.6) is 0 Å². The largest absolute Gasteiger partial charge is 0.344 e. The highest BCUT2D eigenvalue weighted by Crippen LogP contribution is 2.30. The zero-order chi connectivity index (χ0) is 15.4. The summed E-state index contributed by atoms with van der Waals surface area (Å²) in [5.41, 5.74) is 0. The van der Waals surface area contributed by atoms with E-state index in [-0.39, 0.29) is 29.0 Å². The minimum atomic E-state index is -0.214. The van der Waals surface area contributed by atoms with Gasteiger partial charge in [-0.15, -0.1) is 11.8 Å². The molecule has 0 aromatic rings. The van der Waals surface area contributed by atoms with Gasteiger partial charge in [0.1, 0.15) is 0 Å². The van der Waals surface area contributed by atoms with E-state index in [1.807, 2.05) is 13.2 Å². The molecule has 0 aromatic carbocycles. The third kappa shape index (κ3) is 4.09. The molecule has 1 heterocycles. The van der Waals surface area contributed by atoms with Gasteiger partial charge in [-0.25, -0.2) is 0 Å². The van der Waals surface area contributed by atoms with Crippen LogP contribution < -0.4 is 5.32 Å². The van der Waals surface area contributed by atoms with Gasteiger partial charge in [0.2, 0.25) is 5.91 Å². The molecule has 0 radical (unpaired) electrons. The topological polar surface area (TPSA) is 66.5 Å². The van der Waals surface area contributed by atoms with Crippen LogP contribution in [0.2, 0.25) is 0 Å². The van der Waals surface area contributed by atoms with Crippen molar-refractivity contribution in [2.45, 2.75) is 38.0 Å². The molecule has 1 atom stereocenters. The summed E-state index contributed by atoms with van der Waals surface area (Å²) in [6.07, 6.45) is 8.07. The van der Waals surface area contributed by atoms with Crippen LogP contribution in [0.3, 0.4) is 0 Å². The molecule has 1 aliphatic carbocycles. The number of hydrogen-bond acceptors (Lipinski definition) is 4. The first-order valence-electron chi connectivity index (χ1n) is 7.38. The number of nitrogens with zero attached hydrogens (tertiary/aromatic N) is 1. The van der Waals surface area contributed by atoms with Gasteiger partial charge >= 0.3 is 0 Å². The molecule has 21 heavy (non-hydrogen) atoms. The van der Waals surface area contributed by atoms with E-state index in [9.17, 15) is 14.4 Å². The van der Waals surface area contributed by atoms with Crippen molar-refractivity contribution in [2.75, 3.05) is 12.8 Å². The average molecular weight is 310 g/mol. The van der Waals surface area contributed by atoms with E-state index in [0.29, 0.717) is 12.5 Å². The third-order valence-corrected chi connectivity index (χ3v) is 5.08. The highest BCUT2D eigenvalue weighted by molar-refractivity contribution is 7.99. The van der Waals surface area contributed by atoms with Gasteiger partial charge in [-0.2, -0.15) is 0 Å². The lowest BCUT2D eigenvalue weighted by Crippen LogP contribution is -2.39. The number of nitrogens with one attached hydrogen (secondary N) is 1. The van der Waals surface area contributed by atoms with Gasteiger partial charge in [-0.05, 0) is 44.8 Å². The molecule has 6 heteroatoms. The number of hydrogen-bond donors (Lipinski definition) is 1. The highest BCUT2D eigenvalue weighted by Gasteiger charge is 2.31. The van der Waals surface area contributed by atoms with E-state index >= 15 is 0 Å². The fourth-order valence-corrected chi connectivity index (χ4v) is 3.09. The molecule has 1 fully saturated rings. The van der Waals surface area contributed by atoms with Gasteiger partial charge in [-0.1, -0.05) is 0 Å². The van der Waals surface area contributed by atoms with Crippen molar-refractivity contribution in [3.05, 3.63) is 12.2 Å². The molecule has 2 rings (SSSR count). The van der Waals surface area contributed by atoms with Crippen LogP contribution in [0.1, 0.15) is 32.6 Å². The van der Waals surface area contributed by atoms with E-state index < -0.39 is 0 Å². The Morgan fingerprint density at radius 1 is 1.29 bits per heavy atom. The van der Waals surface area contributed by atoms with Gasteiger partial charge in [0.25, 0.3) is 11.8 Å². The SMILES string of the molecule is CSC(C)NC(=O)C1CCC(CN2C(=O)C=CC2=O)CC1. The second-order valence-corrected chi connectivity index (χ2v) is 6.90. The molecule has 5 nitrogen and oxygen atoms in total. The van der Waals surface area contributed by atoms with Crippen molar-refractivity contribution in [1.82, 2.24) is 10.2 Å². The maximum atomic E-state index is 12.1. The number of carbonyl (C=O) groups is 3. The Morgan fingerprint density at radius 3 is 2.38 bits per heavy atom. The fraction of sp³-hybridized carbons (Fsp3) is 0.667. The molecule has 0 bridgehead atoms. The van der Waals surface area contributed by atoms with E-state index in [0.717, 1.165) is 25.7 Å². The maximum Gasteiger partial charge on any atom is 0.253 e. The number of carbonyl (C=O) groups excluding carboxylic acids is 3. The Kier molecular flexibility index (Phi) is 5.45. The summed E-state index contributed by atoms with van der Waals surface area (Å²) in [6.45, 7) is 2.46. The van der Waals surface area contributed by atoms with Crippen LogP contribution in [0.15, 0.2) is 12.2 Å². The first kappa shape index (κ1) is 16.1. The zero-order valence-corrected chi connectivity index (χ0v) is 13.3. The first-order valence-corrected chi connectivity index (χ1v) is 8.66. The first-order chi connectivity index (χ1) is 10.0. The summed E-state index contributed by atoms with van der Waals surface area (Å²) in [4.78, 5) is 36.5. The molecular weight excluding hydrogens is 288 g/mol. The van der Waals surface area contributed by atoms with Crippen LogP contribution in [-0.2, 0) is 14.4 Å². The predicted molar refractivity (Wildman–Crippen MR) is 82.4 cm³/mol. The van der Waals surface area contributed by atoms with Crippen LogP contribution in [0, 0.1) is 11.8 Å². The summed E-state index contributed by atoms with van der Waals surface area (Å²) in [5, 5.41) is 3.14. The van der Waals surface area contributed by atoms with Crippen LogP contribution >= 0.6 is 11.8 Å². The summed E-state index contributed by atoms with van der Waals surface area (Å²) in [5.74, 6) is 0.0893. The lowest BCUT2D eigenvalue weighted by molar-refractivity contribution is -0.138. The molecule has 2 aliphatic rings. The van der Waals surface area contributed by atoms with Gasteiger partial charge in [0.15, 0.2) is 0 Å². The Hall–Kier alpha value is -1.30. The summed E-state index contributed by atoms with van der Waals surface area (Å²) >= 11 is 1.62. The average Bonchev–Trinajstić information content (AvgIpc) is 2.79. The van der Waals surface area contributed by atoms with Crippen LogP contribution in [0.25, 0.3) is 0 Å². The van der Waals surface area contributed by atoms with Gasteiger partial charge in [0.05, 0.1) is 5.37 Å². The summed E-state index contributed by atoms with van der Waals surface area (Å²) < 4.78 is 0. The summed E-state index contributed by atoms with van der Waals surface area (Å²) in [7, 11) is 0. The normalized spacial score (nSPS) is 27.0. The Bertz CT molecular complexity index is 438. The number of amides is 3. The Morgan fingerprint density at radius 2 is 1.86 bits per heavy atom. The van der Waals surface area contributed by atoms with E-state index in [1.165, 1.54) is 17.1 Å². The molecule has 0 aromatic heterocycles. The monoisotopic (exact) mass is 310 g/mol. The van der Waals surface area contributed by atoms with Crippen molar-refractivity contribution < 1.29 is 14.4 Å². The Balaban J connectivity index is 1.77. The lowest BCUT2D eigenvalue weighted by Gasteiger charge is -2.30. The van der Waals surface area contributed by atoms with Crippen molar-refractivity contribution >= 4 is 29.5 Å². The second kappa shape index (κ2) is 7.11. The van der Waals surface area contributed by atoms with E-state index in [4.69, 9.17) is 0 Å². The number of thioether (sulfide) groups is 1. The van der Waals surface area contributed by atoms with Crippen LogP contribution in [0.4, 0.5) is 0 Å². The van der Waals surface area contributed by atoms with Crippen molar-refractivity contribution in [3.8, 4) is 0 Å². The van der Waals surface area contributed by atoms with Crippen molar-refractivity contribution in [3.63, 3.8) is 0 Å². The Labute approximate surface area is 129 Å². The minimum Gasteiger partial charge on any atom is -0.344 e. The van der Waals surface area contributed by atoms with E-state index in [2.05, 4.69) is 5.32 Å². The minimum absolute atomic E-state index is 0.0685. The number of rotatable bonds is 5. The predicted octanol–water partition coefficient (Wildman–Crippen LogP) is 1.54. The van der Waals surface area contributed by atoms with Crippen molar-refractivity contribution in [2.24, 2.45) is 11.8 Å². The van der Waals surface area contributed by atoms with Gasteiger partial charge in [0, 0.05) is 24.6 Å². The molecule has 1 saturated carbocycles. The maximum absolute atomic E-state index is 12.1. The van der Waals surface area contributed by atoms with E-state index in [1.54, 1.807) is 11.8 Å². The van der Waals surface area contributed by atoms with Crippen LogP contribution in [-0.4, -0.2) is 40.8 Å². The smallest absolute Gasteiger partial charge is 0.253 e. The molecule has 0 saturated heterocycles. The standard InChI is InChI=1S/C15H22N2O3S/c1-10(21-2)16-15(20)12-5-3-11(4-6-12)9-17-13(18)7-8-14(17)19/h7-8,10-12H,3-6,9H2,1-2H3,(H,16,20). The number of imide groups is 1. The molecule has 1 unspecified atom stereocenters. The molecule has 116 valence electrons. The summed E-state index contributed by atoms with van der Waals surface area (Å²) in [6, 6.07) is 0. The fourth-order valence-electron chi connectivity index (χ4n) is 2.85. The molecule has 3 amide bonds.